The van der Waals surface area contributed by atoms with Gasteiger partial charge in [0.05, 0.1) is 9.79 Å². The number of carbonyl (C=O) groups excluding carboxylic acids is 7. The maximum atomic E-state index is 14.8. The van der Waals surface area contributed by atoms with Crippen LogP contribution in [0.3, 0.4) is 0 Å². The highest BCUT2D eigenvalue weighted by molar-refractivity contribution is 7.90. The third-order valence-corrected chi connectivity index (χ3v) is 16.7. The lowest BCUT2D eigenvalue weighted by Crippen LogP contribution is -2.58. The molecule has 4 aromatic rings. The summed E-state index contributed by atoms with van der Waals surface area (Å²) in [5.41, 5.74) is 14.0. The SMILES string of the molecule is Cc1ccc(S(=O)(=O)NC(N)=NCCC[C@H](NC(=O)OC(C)(C)C)C(=O)N[C@@H](CCCN=C(N)NS(=O)(=O)c2ccc(C)cc2)C(=O)N2CCC[C@H]2C(=O)N[C@@H](C)C(=O)N[C@@H](CCCCNC(=O)OCc2ccccc2Cl)C(=O)OCc2ccccc2)cc1. The Labute approximate surface area is 524 Å². The number of rotatable bonds is 30. The van der Waals surface area contributed by atoms with Gasteiger partial charge in [-0.3, -0.25) is 29.2 Å². The van der Waals surface area contributed by atoms with Crippen molar-refractivity contribution in [2.75, 3.05) is 26.2 Å². The second kappa shape index (κ2) is 34.3. The van der Waals surface area contributed by atoms with Crippen molar-refractivity contribution < 1.29 is 64.6 Å². The van der Waals surface area contributed by atoms with E-state index in [9.17, 15) is 50.4 Å². The molecule has 26 nitrogen and oxygen atoms in total. The molecule has 1 aliphatic rings. The van der Waals surface area contributed by atoms with Crippen molar-refractivity contribution in [2.24, 2.45) is 21.5 Å². The molecule has 1 aliphatic heterocycles. The van der Waals surface area contributed by atoms with E-state index in [0.29, 0.717) is 35.4 Å². The highest BCUT2D eigenvalue weighted by Gasteiger charge is 2.39. The minimum Gasteiger partial charge on any atom is -0.459 e. The van der Waals surface area contributed by atoms with Gasteiger partial charge < -0.3 is 57.2 Å². The fraction of sp³-hybridized carbons (Fsp3) is 0.450. The number of hydrogen-bond donors (Lipinski definition) is 9. The number of aryl methyl sites for hydroxylation is 2. The number of sulfonamides is 2. The number of nitrogens with two attached hydrogens (primary N) is 2. The van der Waals surface area contributed by atoms with Gasteiger partial charge in [-0.1, -0.05) is 95.5 Å². The van der Waals surface area contributed by atoms with Crippen molar-refractivity contribution in [3.05, 3.63) is 130 Å². The molecular weight excluding hydrogens is 1210 g/mol. The van der Waals surface area contributed by atoms with E-state index in [1.54, 1.807) is 113 Å². The van der Waals surface area contributed by atoms with Crippen LogP contribution in [0.2, 0.25) is 5.02 Å². The van der Waals surface area contributed by atoms with Crippen molar-refractivity contribution in [3.63, 3.8) is 0 Å². The summed E-state index contributed by atoms with van der Waals surface area (Å²) >= 11 is 6.17. The number of amides is 6. The topological polar surface area (TPSA) is 380 Å². The molecule has 11 N–H and O–H groups in total. The Bertz CT molecular complexity index is 3350. The van der Waals surface area contributed by atoms with Crippen molar-refractivity contribution in [1.29, 1.82) is 0 Å². The lowest BCUT2D eigenvalue weighted by Gasteiger charge is -2.30. The predicted octanol–water partition coefficient (Wildman–Crippen LogP) is 4.60. The number of unbranched alkanes of at least 4 members (excludes halogenated alkanes) is 1. The van der Waals surface area contributed by atoms with Crippen LogP contribution in [0.15, 0.2) is 123 Å². The lowest BCUT2D eigenvalue weighted by atomic mass is 10.1. The number of likely N-dealkylation sites (tertiary alicyclic amines) is 1. The summed E-state index contributed by atoms with van der Waals surface area (Å²) < 4.78 is 72.7. The van der Waals surface area contributed by atoms with E-state index < -0.39 is 110 Å². The zero-order chi connectivity index (χ0) is 65.3. The molecule has 0 unspecified atom stereocenters. The van der Waals surface area contributed by atoms with Crippen LogP contribution in [0, 0.1) is 13.8 Å². The molecule has 1 heterocycles. The first-order chi connectivity index (χ1) is 42.1. The number of carbonyl (C=O) groups is 7. The van der Waals surface area contributed by atoms with Crippen molar-refractivity contribution in [3.8, 4) is 0 Å². The van der Waals surface area contributed by atoms with Gasteiger partial charge in [-0.05, 0) is 135 Å². The maximum absolute atomic E-state index is 14.8. The largest absolute Gasteiger partial charge is 0.459 e. The number of ether oxygens (including phenoxy) is 3. The zero-order valence-electron chi connectivity index (χ0n) is 50.7. The average Bonchev–Trinajstić information content (AvgIpc) is 2.37. The van der Waals surface area contributed by atoms with Crippen molar-refractivity contribution in [2.45, 2.75) is 158 Å². The van der Waals surface area contributed by atoms with Crippen LogP contribution in [-0.2, 0) is 71.4 Å². The first-order valence-corrected chi connectivity index (χ1v) is 32.3. The van der Waals surface area contributed by atoms with Crippen LogP contribution in [0.5, 0.6) is 0 Å². The monoisotopic (exact) mass is 1290 g/mol. The molecule has 0 saturated carbocycles. The Balaban J connectivity index is 1.29. The molecular formula is C60H81ClN12O14S2. The van der Waals surface area contributed by atoms with E-state index in [1.165, 1.54) is 36.1 Å². The highest BCUT2D eigenvalue weighted by atomic mass is 35.5. The second-order valence-corrected chi connectivity index (χ2v) is 25.9. The fourth-order valence-electron chi connectivity index (χ4n) is 8.86. The Kier molecular flexibility index (Phi) is 27.5. The van der Waals surface area contributed by atoms with Crippen LogP contribution >= 0.6 is 11.6 Å². The molecule has 1 saturated heterocycles. The molecule has 6 amide bonds. The molecule has 0 bridgehead atoms. The number of aliphatic imine (C=N–C) groups is 2. The molecule has 4 aromatic carbocycles. The maximum Gasteiger partial charge on any atom is 0.408 e. The minimum absolute atomic E-state index is 0.0185. The predicted molar refractivity (Wildman–Crippen MR) is 334 cm³/mol. The van der Waals surface area contributed by atoms with E-state index >= 15 is 0 Å². The smallest absolute Gasteiger partial charge is 0.408 e. The molecule has 5 atom stereocenters. The molecule has 0 radical (unpaired) electrons. The van der Waals surface area contributed by atoms with Gasteiger partial charge in [0.25, 0.3) is 20.0 Å². The molecule has 0 aromatic heterocycles. The third-order valence-electron chi connectivity index (χ3n) is 13.5. The third kappa shape index (κ3) is 24.5. The Morgan fingerprint density at radius 3 is 1.75 bits per heavy atom. The molecule has 484 valence electrons. The van der Waals surface area contributed by atoms with Crippen molar-refractivity contribution in [1.82, 2.24) is 40.9 Å². The van der Waals surface area contributed by atoms with E-state index in [0.717, 1.165) is 11.1 Å². The Morgan fingerprint density at radius 2 is 1.18 bits per heavy atom. The van der Waals surface area contributed by atoms with Gasteiger partial charge in [0.15, 0.2) is 0 Å². The Morgan fingerprint density at radius 1 is 0.640 bits per heavy atom. The van der Waals surface area contributed by atoms with Crippen LogP contribution in [0.25, 0.3) is 0 Å². The molecule has 0 spiro atoms. The van der Waals surface area contributed by atoms with Gasteiger partial charge in [-0.2, -0.15) is 0 Å². The molecule has 1 fully saturated rings. The Hall–Kier alpha value is -8.50. The summed E-state index contributed by atoms with van der Waals surface area (Å²) in [5, 5.41) is 13.7. The van der Waals surface area contributed by atoms with Gasteiger partial charge in [-0.25, -0.2) is 40.7 Å². The fourth-order valence-corrected chi connectivity index (χ4v) is 11.0. The number of nitrogens with one attached hydrogen (secondary N) is 7. The summed E-state index contributed by atoms with van der Waals surface area (Å²) in [7, 11) is -8.21. The normalized spacial score (nSPS) is 15.0. The van der Waals surface area contributed by atoms with E-state index in [1.807, 2.05) is 0 Å². The zero-order valence-corrected chi connectivity index (χ0v) is 53.1. The second-order valence-electron chi connectivity index (χ2n) is 22.1. The first-order valence-electron chi connectivity index (χ1n) is 28.9. The number of alkyl carbamates (subject to hydrolysis) is 2. The first kappa shape index (κ1) is 71.3. The highest BCUT2D eigenvalue weighted by Crippen LogP contribution is 2.22. The number of hydrogen-bond acceptors (Lipinski definition) is 16. The standard InChI is InChI=1S/C60H81ClN12O14S2/c1-39-25-29-44(30-26-39)88(81,82)71-56(62)64-34-14-22-47(70-59(80)87-60(4,5)6)52(75)68-48(23-15-35-65-57(63)72-89(83,84)45-31-27-40(2)28-32-45)54(77)73-36-16-24-50(73)53(76)67-41(3)51(74)69-49(55(78)85-37-42-17-8-7-9-18-42)21-12-13-33-66-58(79)86-38-43-19-10-11-20-46(43)61/h7-11,17-20,25-32,41,47-50H,12-16,21-24,33-38H2,1-6H3,(H,66,79)(H,67,76)(H,68,75)(H,69,74)(H,70,80)(H3,62,64,71)(H3,63,65,72)/t41-,47-,48-,49-,50-/m0/s1. The molecule has 5 rings (SSSR count). The number of halogens is 1. The summed E-state index contributed by atoms with van der Waals surface area (Å²) in [6, 6.07) is 21.5. The quantitative estimate of drug-likeness (QED) is 0.0113. The summed E-state index contributed by atoms with van der Waals surface area (Å²) in [5.74, 6) is -4.67. The number of benzene rings is 4. The van der Waals surface area contributed by atoms with Crippen molar-refractivity contribution >= 4 is 85.4 Å². The summed E-state index contributed by atoms with van der Waals surface area (Å²) in [4.78, 5) is 106. The number of esters is 1. The van der Waals surface area contributed by atoms with Crippen LogP contribution in [-0.4, -0.2) is 137 Å². The minimum atomic E-state index is -4.12. The summed E-state index contributed by atoms with van der Waals surface area (Å²) in [6.45, 7) is 9.65. The average molecular weight is 1290 g/mol. The lowest BCUT2D eigenvalue weighted by molar-refractivity contribution is -0.149. The van der Waals surface area contributed by atoms with Gasteiger partial charge in [0, 0.05) is 36.8 Å². The van der Waals surface area contributed by atoms with Crippen LogP contribution in [0.1, 0.15) is 108 Å². The van der Waals surface area contributed by atoms with E-state index in [4.69, 9.17) is 37.3 Å². The molecule has 29 heteroatoms. The van der Waals surface area contributed by atoms with Crippen LogP contribution < -0.4 is 47.5 Å². The molecule has 0 aliphatic carbocycles. The number of guanidine groups is 2. The van der Waals surface area contributed by atoms with Gasteiger partial charge in [-0.15, -0.1) is 0 Å². The van der Waals surface area contributed by atoms with E-state index in [2.05, 4.69) is 46.0 Å². The van der Waals surface area contributed by atoms with Gasteiger partial charge in [0.2, 0.25) is 35.5 Å². The van der Waals surface area contributed by atoms with E-state index in [-0.39, 0.29) is 87.7 Å². The number of nitrogens with zero attached hydrogens (tertiary/aromatic N) is 3. The molecule has 89 heavy (non-hydrogen) atoms. The van der Waals surface area contributed by atoms with Crippen LogP contribution in [0.4, 0.5) is 9.59 Å². The van der Waals surface area contributed by atoms with Gasteiger partial charge >= 0.3 is 18.2 Å². The van der Waals surface area contributed by atoms with Gasteiger partial charge in [0.1, 0.15) is 49.0 Å². The summed E-state index contributed by atoms with van der Waals surface area (Å²) in [6.07, 6.45) is -0.577.